The Balaban J connectivity index is 1.94. The SMILES string of the molecule is CC(N)C[C@@H]1CC2(OCCO2)c2ccccc2O1. The van der Waals surface area contributed by atoms with Gasteiger partial charge in [-0.05, 0) is 25.5 Å². The average molecular weight is 249 g/mol. The Morgan fingerprint density at radius 3 is 2.78 bits per heavy atom. The largest absolute Gasteiger partial charge is 0.490 e. The Kier molecular flexibility index (Phi) is 3.01. The highest BCUT2D eigenvalue weighted by molar-refractivity contribution is 5.39. The number of hydrogen-bond donors (Lipinski definition) is 1. The number of fused-ring (bicyclic) bond motifs is 2. The molecule has 1 aromatic rings. The maximum absolute atomic E-state index is 5.99. The molecule has 1 aromatic carbocycles. The van der Waals surface area contributed by atoms with Crippen molar-refractivity contribution in [1.82, 2.24) is 0 Å². The van der Waals surface area contributed by atoms with E-state index in [-0.39, 0.29) is 12.1 Å². The van der Waals surface area contributed by atoms with Crippen LogP contribution in [-0.2, 0) is 15.3 Å². The molecular weight excluding hydrogens is 230 g/mol. The smallest absolute Gasteiger partial charge is 0.202 e. The zero-order valence-electron chi connectivity index (χ0n) is 10.6. The standard InChI is InChI=1S/C14H19NO3/c1-10(15)8-11-9-14(16-6-7-17-14)12-4-2-3-5-13(12)18-11/h2-5,10-11H,6-9,15H2,1H3/t10?,11-/m1/s1. The molecule has 2 aliphatic heterocycles. The molecule has 3 rings (SSSR count). The summed E-state index contributed by atoms with van der Waals surface area (Å²) in [5.74, 6) is 0.241. The van der Waals surface area contributed by atoms with Crippen LogP contribution < -0.4 is 10.5 Å². The van der Waals surface area contributed by atoms with Crippen LogP contribution in [0, 0.1) is 0 Å². The molecule has 18 heavy (non-hydrogen) atoms. The van der Waals surface area contributed by atoms with Gasteiger partial charge in [0.1, 0.15) is 11.9 Å². The number of hydrogen-bond acceptors (Lipinski definition) is 4. The summed E-state index contributed by atoms with van der Waals surface area (Å²) in [5, 5.41) is 0. The molecule has 4 heteroatoms. The van der Waals surface area contributed by atoms with Crippen molar-refractivity contribution < 1.29 is 14.2 Å². The minimum Gasteiger partial charge on any atom is -0.490 e. The van der Waals surface area contributed by atoms with E-state index in [1.807, 2.05) is 31.2 Å². The molecule has 0 saturated carbocycles. The lowest BCUT2D eigenvalue weighted by molar-refractivity contribution is -0.195. The van der Waals surface area contributed by atoms with Crippen molar-refractivity contribution in [2.24, 2.45) is 5.73 Å². The molecule has 98 valence electrons. The van der Waals surface area contributed by atoms with Crippen LogP contribution in [0.3, 0.4) is 0 Å². The van der Waals surface area contributed by atoms with Gasteiger partial charge in [-0.25, -0.2) is 0 Å². The van der Waals surface area contributed by atoms with E-state index in [2.05, 4.69) is 0 Å². The van der Waals surface area contributed by atoms with E-state index in [9.17, 15) is 0 Å². The molecule has 0 aromatic heterocycles. The Hall–Kier alpha value is -1.10. The van der Waals surface area contributed by atoms with Gasteiger partial charge in [0.2, 0.25) is 5.79 Å². The van der Waals surface area contributed by atoms with Crippen molar-refractivity contribution in [3.05, 3.63) is 29.8 Å². The molecule has 2 aliphatic rings. The second kappa shape index (κ2) is 4.53. The first-order valence-corrected chi connectivity index (χ1v) is 6.49. The van der Waals surface area contributed by atoms with Gasteiger partial charge in [0.05, 0.1) is 18.8 Å². The molecule has 2 N–H and O–H groups in total. The van der Waals surface area contributed by atoms with Crippen LogP contribution in [0.2, 0.25) is 0 Å². The van der Waals surface area contributed by atoms with Crippen LogP contribution in [0.4, 0.5) is 0 Å². The molecule has 0 bridgehead atoms. The van der Waals surface area contributed by atoms with Crippen LogP contribution in [-0.4, -0.2) is 25.4 Å². The van der Waals surface area contributed by atoms with Gasteiger partial charge in [-0.15, -0.1) is 0 Å². The van der Waals surface area contributed by atoms with E-state index in [1.54, 1.807) is 0 Å². The Bertz CT molecular complexity index is 427. The second-order valence-electron chi connectivity index (χ2n) is 5.10. The number of para-hydroxylation sites is 1. The fraction of sp³-hybridized carbons (Fsp3) is 0.571. The molecule has 2 heterocycles. The lowest BCUT2D eigenvalue weighted by atomic mass is 9.92. The maximum atomic E-state index is 5.99. The summed E-state index contributed by atoms with van der Waals surface area (Å²) >= 11 is 0. The lowest BCUT2D eigenvalue weighted by Crippen LogP contribution is -2.41. The predicted molar refractivity (Wildman–Crippen MR) is 67.3 cm³/mol. The highest BCUT2D eigenvalue weighted by Gasteiger charge is 2.46. The molecule has 0 radical (unpaired) electrons. The number of nitrogens with two attached hydrogens (primary N) is 1. The molecule has 1 fully saturated rings. The summed E-state index contributed by atoms with van der Waals surface area (Å²) in [6, 6.07) is 8.05. The Labute approximate surface area is 107 Å². The zero-order chi connectivity index (χ0) is 12.6. The van der Waals surface area contributed by atoms with Gasteiger partial charge in [0.15, 0.2) is 0 Å². The van der Waals surface area contributed by atoms with Crippen LogP contribution in [0.1, 0.15) is 25.3 Å². The topological polar surface area (TPSA) is 53.7 Å². The van der Waals surface area contributed by atoms with E-state index in [1.165, 1.54) is 0 Å². The van der Waals surface area contributed by atoms with E-state index in [4.69, 9.17) is 19.9 Å². The van der Waals surface area contributed by atoms with Crippen LogP contribution in [0.25, 0.3) is 0 Å². The number of rotatable bonds is 2. The normalized spacial score (nSPS) is 26.7. The summed E-state index contributed by atoms with van der Waals surface area (Å²) in [6.45, 7) is 3.27. The summed E-state index contributed by atoms with van der Waals surface area (Å²) < 4.78 is 17.7. The lowest BCUT2D eigenvalue weighted by Gasteiger charge is -2.38. The van der Waals surface area contributed by atoms with Crippen molar-refractivity contribution in [3.63, 3.8) is 0 Å². The van der Waals surface area contributed by atoms with Gasteiger partial charge >= 0.3 is 0 Å². The van der Waals surface area contributed by atoms with Crippen LogP contribution in [0.5, 0.6) is 5.75 Å². The predicted octanol–water partition coefficient (Wildman–Crippen LogP) is 1.77. The Morgan fingerprint density at radius 1 is 1.33 bits per heavy atom. The van der Waals surface area contributed by atoms with Crippen molar-refractivity contribution in [2.45, 2.75) is 37.7 Å². The van der Waals surface area contributed by atoms with Gasteiger partial charge < -0.3 is 19.9 Å². The highest BCUT2D eigenvalue weighted by atomic mass is 16.7. The molecule has 2 atom stereocenters. The van der Waals surface area contributed by atoms with Crippen molar-refractivity contribution in [2.75, 3.05) is 13.2 Å². The van der Waals surface area contributed by atoms with E-state index >= 15 is 0 Å². The molecule has 1 unspecified atom stereocenters. The van der Waals surface area contributed by atoms with Gasteiger partial charge in [-0.2, -0.15) is 0 Å². The Morgan fingerprint density at radius 2 is 2.06 bits per heavy atom. The van der Waals surface area contributed by atoms with Crippen molar-refractivity contribution in [1.29, 1.82) is 0 Å². The first kappa shape index (κ1) is 12.0. The van der Waals surface area contributed by atoms with Crippen molar-refractivity contribution >= 4 is 0 Å². The molecule has 4 nitrogen and oxygen atoms in total. The third kappa shape index (κ3) is 2.00. The van der Waals surface area contributed by atoms with Gasteiger partial charge in [-0.1, -0.05) is 12.1 Å². The quantitative estimate of drug-likeness (QED) is 0.868. The minimum absolute atomic E-state index is 0.0537. The number of ether oxygens (including phenoxy) is 3. The molecule has 0 amide bonds. The average Bonchev–Trinajstić information content (AvgIpc) is 2.77. The fourth-order valence-electron chi connectivity index (χ4n) is 2.79. The van der Waals surface area contributed by atoms with E-state index in [0.29, 0.717) is 19.6 Å². The fourth-order valence-corrected chi connectivity index (χ4v) is 2.79. The summed E-state index contributed by atoms with van der Waals surface area (Å²) in [6.07, 6.45) is 1.58. The molecule has 1 spiro atoms. The van der Waals surface area contributed by atoms with Crippen LogP contribution >= 0.6 is 0 Å². The van der Waals surface area contributed by atoms with E-state index in [0.717, 1.165) is 17.7 Å². The van der Waals surface area contributed by atoms with Gasteiger partial charge in [0.25, 0.3) is 0 Å². The molecule has 0 aliphatic carbocycles. The third-order valence-electron chi connectivity index (χ3n) is 3.48. The maximum Gasteiger partial charge on any atom is 0.202 e. The summed E-state index contributed by atoms with van der Waals surface area (Å²) in [5.41, 5.74) is 6.87. The monoisotopic (exact) mass is 249 g/mol. The second-order valence-corrected chi connectivity index (χ2v) is 5.10. The van der Waals surface area contributed by atoms with Crippen LogP contribution in [0.15, 0.2) is 24.3 Å². The molecular formula is C14H19NO3. The highest BCUT2D eigenvalue weighted by Crippen LogP contribution is 2.45. The number of benzene rings is 1. The zero-order valence-corrected chi connectivity index (χ0v) is 10.6. The van der Waals surface area contributed by atoms with Gasteiger partial charge in [-0.3, -0.25) is 0 Å². The minimum atomic E-state index is -0.617. The van der Waals surface area contributed by atoms with Gasteiger partial charge in [0, 0.05) is 12.5 Å². The first-order chi connectivity index (χ1) is 8.70. The summed E-state index contributed by atoms with van der Waals surface area (Å²) in [7, 11) is 0. The molecule has 1 saturated heterocycles. The van der Waals surface area contributed by atoms with Crippen molar-refractivity contribution in [3.8, 4) is 5.75 Å². The van der Waals surface area contributed by atoms with E-state index < -0.39 is 5.79 Å². The first-order valence-electron chi connectivity index (χ1n) is 6.49. The summed E-state index contributed by atoms with van der Waals surface area (Å²) in [4.78, 5) is 0. The third-order valence-corrected chi connectivity index (χ3v) is 3.48.